The van der Waals surface area contributed by atoms with Crippen molar-refractivity contribution < 1.29 is 19.4 Å². The SMILES string of the molecule is CCN(CC)c1ccc2c(c1)Oc1cc(N(CC)CC)ccc1C2=c1ccc(=C(O)NCC2=CC=CC(=O)C2=O)cc1. The Morgan fingerprint density at radius 2 is 1.33 bits per heavy atom. The Hall–Kier alpha value is -4.78. The molecule has 0 radical (unpaired) electrons. The molecule has 3 aromatic rings. The Morgan fingerprint density at radius 1 is 0.786 bits per heavy atom. The summed E-state index contributed by atoms with van der Waals surface area (Å²) in [6.45, 7) is 12.3. The first-order chi connectivity index (χ1) is 20.4. The lowest BCUT2D eigenvalue weighted by Gasteiger charge is -2.28. The molecule has 1 aliphatic heterocycles. The van der Waals surface area contributed by atoms with E-state index in [2.05, 4.69) is 79.2 Å². The lowest BCUT2D eigenvalue weighted by Crippen LogP contribution is -2.28. The van der Waals surface area contributed by atoms with Gasteiger partial charge < -0.3 is 25.0 Å². The highest BCUT2D eigenvalue weighted by Crippen LogP contribution is 2.45. The van der Waals surface area contributed by atoms with Crippen LogP contribution < -0.4 is 30.3 Å². The van der Waals surface area contributed by atoms with Gasteiger partial charge in [-0.3, -0.25) is 9.59 Å². The summed E-state index contributed by atoms with van der Waals surface area (Å²) >= 11 is 0. The molecule has 0 amide bonds. The van der Waals surface area contributed by atoms with Crippen molar-refractivity contribution in [3.05, 3.63) is 106 Å². The summed E-state index contributed by atoms with van der Waals surface area (Å²) in [6, 6.07) is 20.4. The average Bonchev–Trinajstić information content (AvgIpc) is 3.01. The van der Waals surface area contributed by atoms with E-state index in [1.54, 1.807) is 12.2 Å². The van der Waals surface area contributed by atoms with Crippen LogP contribution in [-0.4, -0.2) is 49.4 Å². The van der Waals surface area contributed by atoms with Gasteiger partial charge in [0.1, 0.15) is 11.5 Å². The number of benzene rings is 3. The maximum atomic E-state index is 12.1. The Labute approximate surface area is 246 Å². The molecule has 42 heavy (non-hydrogen) atoms. The van der Waals surface area contributed by atoms with Gasteiger partial charge in [0.2, 0.25) is 11.6 Å². The topological polar surface area (TPSA) is 82.1 Å². The number of fused-ring (bicyclic) bond motifs is 2. The summed E-state index contributed by atoms with van der Waals surface area (Å²) in [5.41, 5.74) is 5.62. The van der Waals surface area contributed by atoms with Crippen LogP contribution in [0.5, 0.6) is 11.5 Å². The van der Waals surface area contributed by atoms with Gasteiger partial charge in [0.25, 0.3) is 0 Å². The number of Topliss-reactive ketones (excluding diaryl/α,β-unsaturated/α-hetero) is 1. The molecule has 0 fully saturated rings. The highest BCUT2D eigenvalue weighted by atomic mass is 16.5. The molecular weight excluding hydrogens is 526 g/mol. The largest absolute Gasteiger partial charge is 0.494 e. The van der Waals surface area contributed by atoms with Crippen LogP contribution in [0.2, 0.25) is 0 Å². The number of rotatable bonds is 9. The third kappa shape index (κ3) is 5.55. The fraction of sp³-hybridized carbons (Fsp3) is 0.257. The Morgan fingerprint density at radius 3 is 1.86 bits per heavy atom. The zero-order valence-corrected chi connectivity index (χ0v) is 24.6. The van der Waals surface area contributed by atoms with E-state index in [0.717, 1.165) is 71.0 Å². The molecule has 7 heteroatoms. The average molecular weight is 564 g/mol. The number of allylic oxidation sites excluding steroid dienone is 3. The smallest absolute Gasteiger partial charge is 0.230 e. The van der Waals surface area contributed by atoms with E-state index in [1.165, 1.54) is 6.08 Å². The van der Waals surface area contributed by atoms with Crippen molar-refractivity contribution >= 4 is 34.4 Å². The van der Waals surface area contributed by atoms with Crippen LogP contribution in [0.15, 0.2) is 84.5 Å². The first-order valence-electron chi connectivity index (χ1n) is 14.6. The van der Waals surface area contributed by atoms with Gasteiger partial charge in [-0.25, -0.2) is 0 Å². The lowest BCUT2D eigenvalue weighted by atomic mass is 9.91. The number of carbonyl (C=O) groups is 2. The molecule has 0 spiro atoms. The summed E-state index contributed by atoms with van der Waals surface area (Å²) in [7, 11) is 0. The second kappa shape index (κ2) is 12.4. The molecule has 5 rings (SSSR count). The number of ketones is 2. The quantitative estimate of drug-likeness (QED) is 0.228. The number of aliphatic hydroxyl groups is 1. The first kappa shape index (κ1) is 28.7. The van der Waals surface area contributed by atoms with Crippen LogP contribution in [0.25, 0.3) is 11.5 Å². The van der Waals surface area contributed by atoms with Gasteiger partial charge in [0, 0.05) is 83.7 Å². The molecule has 216 valence electrons. The summed E-state index contributed by atoms with van der Waals surface area (Å²) in [6.07, 6.45) is 4.37. The van der Waals surface area contributed by atoms with Crippen LogP contribution in [0.3, 0.4) is 0 Å². The van der Waals surface area contributed by atoms with Crippen molar-refractivity contribution in [2.24, 2.45) is 0 Å². The number of ether oxygens (including phenoxy) is 1. The molecule has 1 aliphatic carbocycles. The Balaban J connectivity index is 1.58. The van der Waals surface area contributed by atoms with Crippen molar-refractivity contribution in [2.75, 3.05) is 42.5 Å². The number of nitrogens with one attached hydrogen (secondary N) is 1. The minimum atomic E-state index is -0.560. The Bertz CT molecular complexity index is 1630. The van der Waals surface area contributed by atoms with Crippen molar-refractivity contribution in [3.8, 4) is 11.5 Å². The second-order valence-corrected chi connectivity index (χ2v) is 10.2. The van der Waals surface area contributed by atoms with Gasteiger partial charge >= 0.3 is 0 Å². The van der Waals surface area contributed by atoms with Crippen molar-refractivity contribution in [1.82, 2.24) is 5.32 Å². The normalized spacial score (nSPS) is 13.6. The third-order valence-electron chi connectivity index (χ3n) is 7.90. The van der Waals surface area contributed by atoms with E-state index in [9.17, 15) is 14.7 Å². The van der Waals surface area contributed by atoms with E-state index in [4.69, 9.17) is 4.74 Å². The highest BCUT2D eigenvalue weighted by molar-refractivity contribution is 6.48. The van der Waals surface area contributed by atoms with Crippen LogP contribution >= 0.6 is 0 Å². The third-order valence-corrected chi connectivity index (χ3v) is 7.90. The number of nitrogens with zero attached hydrogens (tertiary/aromatic N) is 2. The first-order valence-corrected chi connectivity index (χ1v) is 14.6. The van der Waals surface area contributed by atoms with Crippen LogP contribution in [-0.2, 0) is 9.59 Å². The molecule has 3 aromatic carbocycles. The molecule has 0 atom stereocenters. The molecule has 0 bridgehead atoms. The molecule has 0 aromatic heterocycles. The van der Waals surface area contributed by atoms with Crippen LogP contribution in [0, 0.1) is 0 Å². The summed E-state index contributed by atoms with van der Waals surface area (Å²) in [4.78, 5) is 28.3. The maximum absolute atomic E-state index is 12.1. The number of carbonyl (C=O) groups excluding carboxylic acids is 2. The standard InChI is InChI=1S/C35H37N3O4/c1-5-37(6-2)26-16-18-28-31(20-26)42-32-21-27(38(7-3)8-4)17-19-29(32)33(28)23-12-14-24(15-13-23)35(41)36-22-25-10-9-11-30(39)34(25)40/h9-21,36,41H,5-8,22H2,1-4H3. The van der Waals surface area contributed by atoms with Gasteiger partial charge in [-0.2, -0.15) is 0 Å². The van der Waals surface area contributed by atoms with E-state index in [-0.39, 0.29) is 12.4 Å². The fourth-order valence-electron chi connectivity index (χ4n) is 5.53. The Kier molecular flexibility index (Phi) is 8.48. The molecular formula is C35H37N3O4. The molecule has 1 heterocycles. The zero-order chi connectivity index (χ0) is 29.8. The van der Waals surface area contributed by atoms with Gasteiger partial charge in [-0.1, -0.05) is 24.3 Å². The predicted molar refractivity (Wildman–Crippen MR) is 169 cm³/mol. The van der Waals surface area contributed by atoms with Crippen molar-refractivity contribution in [1.29, 1.82) is 0 Å². The maximum Gasteiger partial charge on any atom is 0.230 e. The van der Waals surface area contributed by atoms with E-state index < -0.39 is 11.6 Å². The number of hydrogen-bond donors (Lipinski definition) is 2. The monoisotopic (exact) mass is 563 g/mol. The molecule has 2 N–H and O–H groups in total. The van der Waals surface area contributed by atoms with Gasteiger partial charge in [-0.15, -0.1) is 0 Å². The minimum Gasteiger partial charge on any atom is -0.494 e. The highest BCUT2D eigenvalue weighted by Gasteiger charge is 2.25. The number of aliphatic hydroxyl groups excluding tert-OH is 1. The number of anilines is 2. The molecule has 0 unspecified atom stereocenters. The van der Waals surface area contributed by atoms with Crippen molar-refractivity contribution in [3.63, 3.8) is 0 Å². The molecule has 2 aliphatic rings. The second-order valence-electron chi connectivity index (χ2n) is 10.2. The number of hydrogen-bond acceptors (Lipinski definition) is 7. The lowest BCUT2D eigenvalue weighted by molar-refractivity contribution is -0.131. The van der Waals surface area contributed by atoms with Gasteiger partial charge in [0.15, 0.2) is 5.88 Å². The van der Waals surface area contributed by atoms with Crippen LogP contribution in [0.4, 0.5) is 11.4 Å². The molecule has 0 saturated carbocycles. The molecule has 7 nitrogen and oxygen atoms in total. The zero-order valence-electron chi connectivity index (χ0n) is 24.6. The predicted octanol–water partition coefficient (Wildman–Crippen LogP) is 4.58. The summed E-state index contributed by atoms with van der Waals surface area (Å²) in [5.74, 6) is 0.443. The van der Waals surface area contributed by atoms with E-state index >= 15 is 0 Å². The summed E-state index contributed by atoms with van der Waals surface area (Å²) < 4.78 is 6.57. The van der Waals surface area contributed by atoms with Gasteiger partial charge in [0.05, 0.1) is 0 Å². The summed E-state index contributed by atoms with van der Waals surface area (Å²) in [5, 5.41) is 15.1. The van der Waals surface area contributed by atoms with E-state index in [0.29, 0.717) is 10.8 Å². The van der Waals surface area contributed by atoms with Crippen molar-refractivity contribution in [2.45, 2.75) is 27.7 Å². The minimum absolute atomic E-state index is 0.0572. The van der Waals surface area contributed by atoms with Gasteiger partial charge in [-0.05, 0) is 75.4 Å². The van der Waals surface area contributed by atoms with E-state index in [1.807, 2.05) is 24.3 Å². The van der Waals surface area contributed by atoms with Crippen LogP contribution in [0.1, 0.15) is 38.8 Å². The fourth-order valence-corrected chi connectivity index (χ4v) is 5.53. The molecule has 0 saturated heterocycles.